The van der Waals surface area contributed by atoms with E-state index < -0.39 is 0 Å². The Morgan fingerprint density at radius 2 is 1.57 bits per heavy atom. The molecule has 4 bridgehead atoms. The van der Waals surface area contributed by atoms with Gasteiger partial charge in [0.25, 0.3) is 0 Å². The summed E-state index contributed by atoms with van der Waals surface area (Å²) in [5.41, 5.74) is -0.377. The van der Waals surface area contributed by atoms with Crippen molar-refractivity contribution in [3.63, 3.8) is 0 Å². The number of hydrogen-bond donors (Lipinski definition) is 0. The molecule has 5 fully saturated rings. The second kappa shape index (κ2) is 4.29. The molecule has 4 saturated carbocycles. The molecule has 2 amide bonds. The number of nitrogens with zero attached hydrogens (tertiary/aromatic N) is 1. The van der Waals surface area contributed by atoms with Crippen LogP contribution in [0.3, 0.4) is 0 Å². The van der Waals surface area contributed by atoms with Crippen molar-refractivity contribution < 1.29 is 14.1 Å². The lowest BCUT2D eigenvalue weighted by Crippen LogP contribution is -2.66. The Hall–Kier alpha value is -0.470. The van der Waals surface area contributed by atoms with Gasteiger partial charge in [-0.1, -0.05) is 13.8 Å². The number of amides is 2. The highest BCUT2D eigenvalue weighted by Gasteiger charge is 2.64. The SMILES string of the molecule is CC1C(=O)N(C23CC4CC(CC(OP)(C4)C2)C3)C(=O)C1C. The first kappa shape index (κ1) is 14.1. The van der Waals surface area contributed by atoms with E-state index in [1.54, 1.807) is 4.90 Å². The van der Waals surface area contributed by atoms with E-state index in [1.807, 2.05) is 13.8 Å². The molecule has 4 aliphatic carbocycles. The van der Waals surface area contributed by atoms with Gasteiger partial charge in [0, 0.05) is 27.7 Å². The smallest absolute Gasteiger partial charge is 0.233 e. The molecule has 5 unspecified atom stereocenters. The predicted octanol–water partition coefficient (Wildman–Crippen LogP) is 2.53. The Morgan fingerprint density at radius 1 is 1.05 bits per heavy atom. The topological polar surface area (TPSA) is 46.6 Å². The zero-order chi connectivity index (χ0) is 15.0. The van der Waals surface area contributed by atoms with Crippen molar-refractivity contribution in [2.75, 3.05) is 0 Å². The molecule has 0 aromatic rings. The minimum atomic E-state index is -0.256. The fraction of sp³-hybridized carbons (Fsp3) is 0.875. The van der Waals surface area contributed by atoms with Crippen LogP contribution in [0.15, 0.2) is 0 Å². The van der Waals surface area contributed by atoms with Crippen LogP contribution in [0.1, 0.15) is 52.4 Å². The van der Waals surface area contributed by atoms with Gasteiger partial charge in [-0.2, -0.15) is 0 Å². The fourth-order valence-corrected chi connectivity index (χ4v) is 6.22. The van der Waals surface area contributed by atoms with Gasteiger partial charge in [-0.15, -0.1) is 0 Å². The van der Waals surface area contributed by atoms with Gasteiger partial charge in [0.1, 0.15) is 0 Å². The molecule has 1 saturated heterocycles. The summed E-state index contributed by atoms with van der Waals surface area (Å²) < 4.78 is 5.83. The first-order chi connectivity index (χ1) is 9.90. The Kier molecular flexibility index (Phi) is 2.89. The summed E-state index contributed by atoms with van der Waals surface area (Å²) in [6.45, 7) is 3.79. The molecule has 0 aromatic carbocycles. The van der Waals surface area contributed by atoms with Crippen LogP contribution in [-0.4, -0.2) is 27.9 Å². The van der Waals surface area contributed by atoms with Crippen molar-refractivity contribution in [1.82, 2.24) is 4.90 Å². The van der Waals surface area contributed by atoms with Crippen LogP contribution in [-0.2, 0) is 14.1 Å². The van der Waals surface area contributed by atoms with Gasteiger partial charge < -0.3 is 4.52 Å². The van der Waals surface area contributed by atoms with E-state index >= 15 is 0 Å². The van der Waals surface area contributed by atoms with Crippen molar-refractivity contribution >= 4 is 21.3 Å². The average Bonchev–Trinajstić information content (AvgIpc) is 2.62. The summed E-state index contributed by atoms with van der Waals surface area (Å²) in [6, 6.07) is 0. The maximum atomic E-state index is 12.7. The Balaban J connectivity index is 1.74. The molecule has 5 heteroatoms. The van der Waals surface area contributed by atoms with Crippen LogP contribution >= 0.6 is 9.47 Å². The van der Waals surface area contributed by atoms with Gasteiger partial charge in [0.15, 0.2) is 0 Å². The van der Waals surface area contributed by atoms with Crippen LogP contribution in [0.2, 0.25) is 0 Å². The third-order valence-corrected chi connectivity index (χ3v) is 7.17. The number of carbonyl (C=O) groups is 2. The number of likely N-dealkylation sites (tertiary alicyclic amines) is 1. The predicted molar refractivity (Wildman–Crippen MR) is 81.1 cm³/mol. The van der Waals surface area contributed by atoms with Crippen molar-refractivity contribution in [2.24, 2.45) is 23.7 Å². The minimum Gasteiger partial charge on any atom is -0.359 e. The van der Waals surface area contributed by atoms with Gasteiger partial charge in [-0.05, 0) is 43.9 Å². The van der Waals surface area contributed by atoms with Crippen molar-refractivity contribution in [1.29, 1.82) is 0 Å². The lowest BCUT2D eigenvalue weighted by Gasteiger charge is -2.63. The maximum absolute atomic E-state index is 12.7. The summed E-state index contributed by atoms with van der Waals surface area (Å²) in [6.07, 6.45) is 6.27. The summed E-state index contributed by atoms with van der Waals surface area (Å²) in [5, 5.41) is 0. The lowest BCUT2D eigenvalue weighted by atomic mass is 9.50. The molecule has 116 valence electrons. The van der Waals surface area contributed by atoms with Crippen LogP contribution in [0.4, 0.5) is 0 Å². The third kappa shape index (κ3) is 1.75. The van der Waals surface area contributed by atoms with E-state index in [-0.39, 0.29) is 34.8 Å². The van der Waals surface area contributed by atoms with E-state index in [0.717, 1.165) is 32.1 Å². The minimum absolute atomic E-state index is 0.0494. The summed E-state index contributed by atoms with van der Waals surface area (Å²) in [7, 11) is 2.44. The van der Waals surface area contributed by atoms with Crippen molar-refractivity contribution in [3.8, 4) is 0 Å². The first-order valence-corrected chi connectivity index (χ1v) is 8.63. The van der Waals surface area contributed by atoms with Gasteiger partial charge in [-0.25, -0.2) is 0 Å². The molecule has 5 atom stereocenters. The molecule has 5 aliphatic rings. The molecule has 0 aromatic heterocycles. The fourth-order valence-electron chi connectivity index (χ4n) is 5.94. The molecule has 1 aliphatic heterocycles. The number of imide groups is 1. The summed E-state index contributed by atoms with van der Waals surface area (Å²) in [4.78, 5) is 27.1. The van der Waals surface area contributed by atoms with E-state index in [0.29, 0.717) is 11.8 Å². The monoisotopic (exact) mass is 309 g/mol. The lowest BCUT2D eigenvalue weighted by molar-refractivity contribution is -0.176. The first-order valence-electron chi connectivity index (χ1n) is 8.16. The second-order valence-electron chi connectivity index (χ2n) is 8.08. The molecule has 1 heterocycles. The van der Waals surface area contributed by atoms with Gasteiger partial charge in [-0.3, -0.25) is 14.5 Å². The Labute approximate surface area is 128 Å². The largest absolute Gasteiger partial charge is 0.359 e. The molecular weight excluding hydrogens is 285 g/mol. The van der Waals surface area contributed by atoms with E-state index in [9.17, 15) is 9.59 Å². The Bertz CT molecular complexity index is 486. The van der Waals surface area contributed by atoms with E-state index in [4.69, 9.17) is 4.52 Å². The zero-order valence-electron chi connectivity index (χ0n) is 12.8. The number of hydrogen-bond acceptors (Lipinski definition) is 3. The zero-order valence-corrected chi connectivity index (χ0v) is 14.0. The van der Waals surface area contributed by atoms with E-state index in [1.165, 1.54) is 6.42 Å². The van der Waals surface area contributed by atoms with Gasteiger partial charge >= 0.3 is 0 Å². The maximum Gasteiger partial charge on any atom is 0.233 e. The molecule has 0 N–H and O–H groups in total. The highest BCUT2D eigenvalue weighted by Crippen LogP contribution is 2.62. The highest BCUT2D eigenvalue weighted by atomic mass is 31.0. The highest BCUT2D eigenvalue weighted by molar-refractivity contribution is 7.09. The summed E-state index contributed by atoms with van der Waals surface area (Å²) >= 11 is 0. The molecule has 21 heavy (non-hydrogen) atoms. The molecule has 0 radical (unpaired) electrons. The number of carbonyl (C=O) groups excluding carboxylic acids is 2. The quantitative estimate of drug-likeness (QED) is 0.582. The van der Waals surface area contributed by atoms with Crippen molar-refractivity contribution in [3.05, 3.63) is 0 Å². The second-order valence-corrected chi connectivity index (χ2v) is 8.31. The van der Waals surface area contributed by atoms with Crippen LogP contribution < -0.4 is 0 Å². The van der Waals surface area contributed by atoms with Crippen LogP contribution in [0.5, 0.6) is 0 Å². The normalized spacial score (nSPS) is 52.0. The molecule has 5 rings (SSSR count). The number of rotatable bonds is 2. The van der Waals surface area contributed by atoms with E-state index in [2.05, 4.69) is 9.47 Å². The molecular formula is C16H24NO3P. The average molecular weight is 309 g/mol. The molecule has 0 spiro atoms. The standard InChI is InChI=1S/C16H24NO3P/c1-9-10(2)14(19)17(13(9)18)15-4-11-3-12(5-15)7-16(6-11,8-15)20-21/h9-12H,3-8,21H2,1-2H3. The van der Waals surface area contributed by atoms with Crippen molar-refractivity contribution in [2.45, 2.75) is 63.5 Å². The third-order valence-electron chi connectivity index (χ3n) is 6.67. The Morgan fingerprint density at radius 3 is 2.05 bits per heavy atom. The summed E-state index contributed by atoms with van der Waals surface area (Å²) in [5.74, 6) is 0.982. The van der Waals surface area contributed by atoms with Gasteiger partial charge in [0.2, 0.25) is 11.8 Å². The van der Waals surface area contributed by atoms with Gasteiger partial charge in [0.05, 0.1) is 11.1 Å². The van der Waals surface area contributed by atoms with Crippen LogP contribution in [0.25, 0.3) is 0 Å². The molecule has 4 nitrogen and oxygen atoms in total. The van der Waals surface area contributed by atoms with Crippen LogP contribution in [0, 0.1) is 23.7 Å².